The van der Waals surface area contributed by atoms with Gasteiger partial charge in [0.15, 0.2) is 0 Å². The quantitative estimate of drug-likeness (QED) is 0.747. The predicted molar refractivity (Wildman–Crippen MR) is 109 cm³/mol. The van der Waals surface area contributed by atoms with Crippen LogP contribution in [0.2, 0.25) is 0 Å². The van der Waals surface area contributed by atoms with Crippen molar-refractivity contribution < 1.29 is 4.79 Å². The van der Waals surface area contributed by atoms with E-state index < -0.39 is 0 Å². The smallest absolute Gasteiger partial charge is 0.227 e. The van der Waals surface area contributed by atoms with E-state index in [2.05, 4.69) is 25.9 Å². The summed E-state index contributed by atoms with van der Waals surface area (Å²) in [5, 5.41) is 10.1. The Kier molecular flexibility index (Phi) is 4.20. The number of rotatable bonds is 3. The topological polar surface area (TPSA) is 88.9 Å². The molecule has 0 atom stereocenters. The average Bonchev–Trinajstić information content (AvgIpc) is 3.38. The highest BCUT2D eigenvalue weighted by Crippen LogP contribution is 2.48. The number of benzene rings is 1. The van der Waals surface area contributed by atoms with Crippen molar-refractivity contribution >= 4 is 22.8 Å². The highest BCUT2D eigenvalue weighted by Gasteiger charge is 2.47. The summed E-state index contributed by atoms with van der Waals surface area (Å²) >= 11 is 0. The van der Waals surface area contributed by atoms with Crippen LogP contribution in [0.4, 0.5) is 5.82 Å². The molecule has 1 aliphatic heterocycles. The Morgan fingerprint density at radius 2 is 2.10 bits per heavy atom. The third-order valence-electron chi connectivity index (χ3n) is 6.05. The number of hydrogen-bond acceptors (Lipinski definition) is 5. The number of carbonyl (C=O) groups excluding carboxylic acids is 1. The molecule has 3 aromatic rings. The van der Waals surface area contributed by atoms with Gasteiger partial charge in [-0.05, 0) is 36.6 Å². The zero-order chi connectivity index (χ0) is 19.8. The van der Waals surface area contributed by atoms with Gasteiger partial charge in [-0.15, -0.1) is 0 Å². The molecular weight excluding hydrogens is 364 g/mol. The number of nitrogens with one attached hydrogen (secondary N) is 1. The van der Waals surface area contributed by atoms with Gasteiger partial charge in [0.1, 0.15) is 17.8 Å². The predicted octanol–water partition coefficient (Wildman–Crippen LogP) is 2.50. The second-order valence-corrected chi connectivity index (χ2v) is 8.16. The van der Waals surface area contributed by atoms with Gasteiger partial charge >= 0.3 is 0 Å². The summed E-state index contributed by atoms with van der Waals surface area (Å²) in [6.45, 7) is 3.14. The lowest BCUT2D eigenvalue weighted by atomic mass is 10.1. The first-order valence-electron chi connectivity index (χ1n) is 9.96. The van der Waals surface area contributed by atoms with Crippen molar-refractivity contribution in [3.8, 4) is 6.07 Å². The molecule has 1 spiro atoms. The molecule has 7 nitrogen and oxygen atoms in total. The summed E-state index contributed by atoms with van der Waals surface area (Å²) < 4.78 is 0. The number of H-pyrrole nitrogens is 1. The van der Waals surface area contributed by atoms with Crippen molar-refractivity contribution in [2.45, 2.75) is 19.3 Å². The second kappa shape index (κ2) is 6.89. The number of nitriles is 1. The Bertz CT molecular complexity index is 1110. The standard InChI is InChI=1S/C22H22N6O/c23-12-17-3-1-2-16(10-17)11-19(29)27-8-9-28(14-22(13-27)5-6-22)21-18-4-7-24-20(18)25-15-26-21/h1-4,7,10,15H,5-6,8-9,11,13-14H2,(H,24,25,26). The van der Waals surface area contributed by atoms with Crippen molar-refractivity contribution in [1.82, 2.24) is 19.9 Å². The summed E-state index contributed by atoms with van der Waals surface area (Å²) in [4.78, 5) is 29.4. The monoisotopic (exact) mass is 386 g/mol. The van der Waals surface area contributed by atoms with E-state index in [0.717, 1.165) is 54.9 Å². The summed E-state index contributed by atoms with van der Waals surface area (Å²) in [5.74, 6) is 1.07. The van der Waals surface area contributed by atoms with Crippen LogP contribution in [0.3, 0.4) is 0 Å². The van der Waals surface area contributed by atoms with Crippen LogP contribution in [-0.2, 0) is 11.2 Å². The molecule has 1 saturated carbocycles. The normalized spacial score (nSPS) is 17.9. The van der Waals surface area contributed by atoms with E-state index in [1.807, 2.05) is 29.3 Å². The van der Waals surface area contributed by atoms with Gasteiger partial charge < -0.3 is 14.8 Å². The fraction of sp³-hybridized carbons (Fsp3) is 0.364. The largest absolute Gasteiger partial charge is 0.354 e. The van der Waals surface area contributed by atoms with Gasteiger partial charge in [-0.3, -0.25) is 4.79 Å². The molecule has 1 aliphatic carbocycles. The number of aromatic nitrogens is 3. The summed E-state index contributed by atoms with van der Waals surface area (Å²) in [6, 6.07) is 11.5. The van der Waals surface area contributed by atoms with Crippen LogP contribution in [0.1, 0.15) is 24.0 Å². The molecule has 146 valence electrons. The highest BCUT2D eigenvalue weighted by molar-refractivity contribution is 5.87. The maximum absolute atomic E-state index is 13.0. The summed E-state index contributed by atoms with van der Waals surface area (Å²) in [7, 11) is 0. The van der Waals surface area contributed by atoms with E-state index >= 15 is 0 Å². The molecule has 1 amide bonds. The molecule has 0 radical (unpaired) electrons. The molecule has 1 aromatic carbocycles. The fourth-order valence-electron chi connectivity index (χ4n) is 4.29. The molecule has 2 aliphatic rings. The number of nitrogens with zero attached hydrogens (tertiary/aromatic N) is 5. The molecule has 1 saturated heterocycles. The third kappa shape index (κ3) is 3.42. The Balaban J connectivity index is 1.36. The second-order valence-electron chi connectivity index (χ2n) is 8.16. The van der Waals surface area contributed by atoms with Crippen LogP contribution in [-0.4, -0.2) is 51.9 Å². The molecule has 29 heavy (non-hydrogen) atoms. The lowest BCUT2D eigenvalue weighted by Crippen LogP contribution is -2.37. The van der Waals surface area contributed by atoms with Crippen LogP contribution < -0.4 is 4.90 Å². The Morgan fingerprint density at radius 3 is 2.93 bits per heavy atom. The van der Waals surface area contributed by atoms with E-state index in [-0.39, 0.29) is 11.3 Å². The Labute approximate surface area is 169 Å². The minimum absolute atomic E-state index is 0.127. The molecule has 3 heterocycles. The van der Waals surface area contributed by atoms with E-state index in [1.54, 1.807) is 18.5 Å². The summed E-state index contributed by atoms with van der Waals surface area (Å²) in [6.07, 6.45) is 6.10. The van der Waals surface area contributed by atoms with E-state index in [9.17, 15) is 4.79 Å². The van der Waals surface area contributed by atoms with Gasteiger partial charge in [0.2, 0.25) is 5.91 Å². The first-order valence-corrected chi connectivity index (χ1v) is 9.96. The SMILES string of the molecule is N#Cc1cccc(CC(=O)N2CCN(c3ncnc4[nH]ccc34)CC3(CC3)C2)c1. The molecule has 2 aromatic heterocycles. The van der Waals surface area contributed by atoms with Gasteiger partial charge in [-0.2, -0.15) is 5.26 Å². The number of amides is 1. The Hall–Kier alpha value is -3.40. The number of fused-ring (bicyclic) bond motifs is 1. The number of carbonyl (C=O) groups is 1. The molecule has 2 fully saturated rings. The van der Waals surface area contributed by atoms with Crippen molar-refractivity contribution in [2.24, 2.45) is 5.41 Å². The van der Waals surface area contributed by atoms with Gasteiger partial charge in [-0.25, -0.2) is 9.97 Å². The lowest BCUT2D eigenvalue weighted by Gasteiger charge is -2.25. The molecule has 0 unspecified atom stereocenters. The number of anilines is 1. The van der Waals surface area contributed by atoms with Crippen LogP contribution in [0.15, 0.2) is 42.9 Å². The average molecular weight is 386 g/mol. The number of aromatic amines is 1. The zero-order valence-corrected chi connectivity index (χ0v) is 16.1. The van der Waals surface area contributed by atoms with Crippen LogP contribution in [0.5, 0.6) is 0 Å². The molecule has 5 rings (SSSR count). The Morgan fingerprint density at radius 1 is 1.21 bits per heavy atom. The van der Waals surface area contributed by atoms with Gasteiger partial charge in [0.05, 0.1) is 23.4 Å². The van der Waals surface area contributed by atoms with Crippen molar-refractivity contribution in [3.05, 3.63) is 54.0 Å². The van der Waals surface area contributed by atoms with E-state index in [4.69, 9.17) is 5.26 Å². The van der Waals surface area contributed by atoms with Gasteiger partial charge in [0.25, 0.3) is 0 Å². The molecule has 0 bridgehead atoms. The van der Waals surface area contributed by atoms with E-state index in [0.29, 0.717) is 18.5 Å². The zero-order valence-electron chi connectivity index (χ0n) is 16.1. The van der Waals surface area contributed by atoms with Crippen molar-refractivity contribution in [2.75, 3.05) is 31.1 Å². The first-order chi connectivity index (χ1) is 14.2. The highest BCUT2D eigenvalue weighted by atomic mass is 16.2. The minimum Gasteiger partial charge on any atom is -0.354 e. The van der Waals surface area contributed by atoms with Gasteiger partial charge in [0, 0.05) is 37.8 Å². The van der Waals surface area contributed by atoms with E-state index in [1.165, 1.54) is 0 Å². The van der Waals surface area contributed by atoms with Crippen LogP contribution in [0, 0.1) is 16.7 Å². The first kappa shape index (κ1) is 17.7. The number of hydrogen-bond donors (Lipinski definition) is 1. The van der Waals surface area contributed by atoms with Crippen molar-refractivity contribution in [3.63, 3.8) is 0 Å². The molecule has 1 N–H and O–H groups in total. The van der Waals surface area contributed by atoms with Crippen LogP contribution >= 0.6 is 0 Å². The third-order valence-corrected chi connectivity index (χ3v) is 6.05. The lowest BCUT2D eigenvalue weighted by molar-refractivity contribution is -0.130. The van der Waals surface area contributed by atoms with Crippen molar-refractivity contribution in [1.29, 1.82) is 5.26 Å². The minimum atomic E-state index is 0.127. The van der Waals surface area contributed by atoms with Gasteiger partial charge in [-0.1, -0.05) is 12.1 Å². The van der Waals surface area contributed by atoms with Crippen LogP contribution in [0.25, 0.3) is 11.0 Å². The maximum Gasteiger partial charge on any atom is 0.227 e. The fourth-order valence-corrected chi connectivity index (χ4v) is 4.29. The molecular formula is C22H22N6O. The molecule has 7 heteroatoms. The summed E-state index contributed by atoms with van der Waals surface area (Å²) in [5.41, 5.74) is 2.49. The maximum atomic E-state index is 13.0.